The fourth-order valence-electron chi connectivity index (χ4n) is 1.82. The number of aromatic nitrogens is 2. The van der Waals surface area contributed by atoms with Crippen molar-refractivity contribution in [2.24, 2.45) is 0 Å². The number of anilines is 2. The van der Waals surface area contributed by atoms with Gasteiger partial charge in [0.1, 0.15) is 11.3 Å². The monoisotopic (exact) mass is 260 g/mol. The molecule has 0 radical (unpaired) electrons. The Hall–Kier alpha value is -2.50. The number of aryl methyl sites for hydroxylation is 2. The van der Waals surface area contributed by atoms with E-state index in [9.17, 15) is 4.79 Å². The van der Waals surface area contributed by atoms with E-state index in [1.807, 2.05) is 13.0 Å². The number of amides is 1. The molecule has 1 aromatic heterocycles. The number of ether oxygens (including phenoxy) is 1. The van der Waals surface area contributed by atoms with Gasteiger partial charge in [-0.1, -0.05) is 0 Å². The molecule has 0 unspecified atom stereocenters. The molecule has 19 heavy (non-hydrogen) atoms. The second-order valence-electron chi connectivity index (χ2n) is 4.24. The van der Waals surface area contributed by atoms with Gasteiger partial charge in [-0.05, 0) is 37.6 Å². The van der Waals surface area contributed by atoms with Gasteiger partial charge in [-0.2, -0.15) is 5.10 Å². The molecule has 6 heteroatoms. The molecule has 0 aliphatic heterocycles. The number of benzene rings is 1. The zero-order valence-electron chi connectivity index (χ0n) is 11.1. The van der Waals surface area contributed by atoms with Gasteiger partial charge >= 0.3 is 0 Å². The van der Waals surface area contributed by atoms with Crippen molar-refractivity contribution in [1.29, 1.82) is 0 Å². The molecule has 1 heterocycles. The second kappa shape index (κ2) is 5.01. The van der Waals surface area contributed by atoms with E-state index in [1.54, 1.807) is 26.2 Å². The van der Waals surface area contributed by atoms with Crippen LogP contribution < -0.4 is 15.8 Å². The first-order chi connectivity index (χ1) is 9.02. The SMILES string of the molecule is COc1ccc(NC(=O)c2c(N)n[nH]c2C)c(C)c1. The summed E-state index contributed by atoms with van der Waals surface area (Å²) in [6.45, 7) is 3.64. The van der Waals surface area contributed by atoms with Crippen LogP contribution in [0.25, 0.3) is 0 Å². The zero-order valence-corrected chi connectivity index (χ0v) is 11.1. The smallest absolute Gasteiger partial charge is 0.261 e. The van der Waals surface area contributed by atoms with Gasteiger partial charge in [0, 0.05) is 11.4 Å². The molecule has 0 aliphatic carbocycles. The Morgan fingerprint density at radius 1 is 1.42 bits per heavy atom. The Morgan fingerprint density at radius 2 is 2.16 bits per heavy atom. The summed E-state index contributed by atoms with van der Waals surface area (Å²) in [6.07, 6.45) is 0. The fraction of sp³-hybridized carbons (Fsp3) is 0.231. The third-order valence-electron chi connectivity index (χ3n) is 2.88. The third kappa shape index (κ3) is 2.52. The molecule has 0 saturated carbocycles. The van der Waals surface area contributed by atoms with Crippen LogP contribution >= 0.6 is 0 Å². The topological polar surface area (TPSA) is 93.0 Å². The van der Waals surface area contributed by atoms with Gasteiger partial charge in [0.05, 0.1) is 7.11 Å². The highest BCUT2D eigenvalue weighted by atomic mass is 16.5. The number of hydrogen-bond acceptors (Lipinski definition) is 4. The molecule has 0 saturated heterocycles. The van der Waals surface area contributed by atoms with Gasteiger partial charge < -0.3 is 15.8 Å². The quantitative estimate of drug-likeness (QED) is 0.785. The van der Waals surface area contributed by atoms with E-state index < -0.39 is 0 Å². The van der Waals surface area contributed by atoms with E-state index in [0.717, 1.165) is 11.3 Å². The Kier molecular flexibility index (Phi) is 3.41. The lowest BCUT2D eigenvalue weighted by Crippen LogP contribution is -2.15. The zero-order chi connectivity index (χ0) is 14.0. The minimum absolute atomic E-state index is 0.196. The highest BCUT2D eigenvalue weighted by Crippen LogP contribution is 2.22. The highest BCUT2D eigenvalue weighted by molar-refractivity contribution is 6.08. The maximum Gasteiger partial charge on any atom is 0.261 e. The summed E-state index contributed by atoms with van der Waals surface area (Å²) in [5, 5.41) is 9.29. The standard InChI is InChI=1S/C13H16N4O2/c1-7-6-9(19-3)4-5-10(7)15-13(18)11-8(2)16-17-12(11)14/h4-6H,1-3H3,(H,15,18)(H3,14,16,17). The van der Waals surface area contributed by atoms with Crippen LogP contribution in [0, 0.1) is 13.8 Å². The Balaban J connectivity index is 2.24. The van der Waals surface area contributed by atoms with Crippen LogP contribution in [0.4, 0.5) is 11.5 Å². The maximum absolute atomic E-state index is 12.1. The van der Waals surface area contributed by atoms with E-state index in [1.165, 1.54) is 0 Å². The van der Waals surface area contributed by atoms with Gasteiger partial charge in [0.2, 0.25) is 0 Å². The predicted octanol–water partition coefficient (Wildman–Crippen LogP) is 1.87. The largest absolute Gasteiger partial charge is 0.497 e. The van der Waals surface area contributed by atoms with Crippen molar-refractivity contribution in [2.45, 2.75) is 13.8 Å². The molecular weight excluding hydrogens is 244 g/mol. The van der Waals surface area contributed by atoms with Gasteiger partial charge in [0.15, 0.2) is 5.82 Å². The summed E-state index contributed by atoms with van der Waals surface area (Å²) in [6, 6.07) is 5.42. The van der Waals surface area contributed by atoms with E-state index in [2.05, 4.69) is 15.5 Å². The summed E-state index contributed by atoms with van der Waals surface area (Å²) in [5.41, 5.74) is 8.29. The highest BCUT2D eigenvalue weighted by Gasteiger charge is 2.16. The molecule has 0 fully saturated rings. The number of carbonyl (C=O) groups is 1. The fourth-order valence-corrected chi connectivity index (χ4v) is 1.82. The van der Waals surface area contributed by atoms with Crippen LogP contribution in [0.3, 0.4) is 0 Å². The number of H-pyrrole nitrogens is 1. The number of nitrogens with two attached hydrogens (primary N) is 1. The molecule has 0 atom stereocenters. The Morgan fingerprint density at radius 3 is 2.68 bits per heavy atom. The average Bonchev–Trinajstić information content (AvgIpc) is 2.71. The number of nitrogens with zero attached hydrogens (tertiary/aromatic N) is 1. The van der Waals surface area contributed by atoms with Crippen LogP contribution in [-0.4, -0.2) is 23.2 Å². The first-order valence-electron chi connectivity index (χ1n) is 5.79. The Labute approximate surface area is 111 Å². The third-order valence-corrected chi connectivity index (χ3v) is 2.88. The predicted molar refractivity (Wildman–Crippen MR) is 73.4 cm³/mol. The molecular formula is C13H16N4O2. The summed E-state index contributed by atoms with van der Waals surface area (Å²) in [4.78, 5) is 12.1. The number of aromatic amines is 1. The lowest BCUT2D eigenvalue weighted by Gasteiger charge is -2.09. The molecule has 1 aromatic carbocycles. The molecule has 0 spiro atoms. The van der Waals surface area contributed by atoms with E-state index in [0.29, 0.717) is 16.9 Å². The summed E-state index contributed by atoms with van der Waals surface area (Å²) >= 11 is 0. The first kappa shape index (κ1) is 12.9. The van der Waals surface area contributed by atoms with Crippen molar-refractivity contribution in [3.8, 4) is 5.75 Å². The van der Waals surface area contributed by atoms with Crippen LogP contribution in [0.2, 0.25) is 0 Å². The van der Waals surface area contributed by atoms with E-state index in [-0.39, 0.29) is 11.7 Å². The summed E-state index contributed by atoms with van der Waals surface area (Å²) in [7, 11) is 1.60. The van der Waals surface area contributed by atoms with Crippen LogP contribution in [0.5, 0.6) is 5.75 Å². The molecule has 4 N–H and O–H groups in total. The molecule has 6 nitrogen and oxygen atoms in total. The van der Waals surface area contributed by atoms with Crippen LogP contribution in [-0.2, 0) is 0 Å². The van der Waals surface area contributed by atoms with Crippen molar-refractivity contribution in [2.75, 3.05) is 18.2 Å². The van der Waals surface area contributed by atoms with Crippen molar-refractivity contribution >= 4 is 17.4 Å². The number of nitrogen functional groups attached to an aromatic ring is 1. The Bertz CT molecular complexity index is 600. The second-order valence-corrected chi connectivity index (χ2v) is 4.24. The normalized spacial score (nSPS) is 10.3. The minimum atomic E-state index is -0.281. The van der Waals surface area contributed by atoms with Crippen LogP contribution in [0.15, 0.2) is 18.2 Å². The molecule has 0 aliphatic rings. The van der Waals surface area contributed by atoms with E-state index in [4.69, 9.17) is 10.5 Å². The van der Waals surface area contributed by atoms with Crippen molar-refractivity contribution < 1.29 is 9.53 Å². The summed E-state index contributed by atoms with van der Waals surface area (Å²) in [5.74, 6) is 0.660. The van der Waals surface area contributed by atoms with E-state index >= 15 is 0 Å². The van der Waals surface area contributed by atoms with Gasteiger partial charge in [-0.15, -0.1) is 0 Å². The van der Waals surface area contributed by atoms with Crippen molar-refractivity contribution in [3.05, 3.63) is 35.0 Å². The number of nitrogens with one attached hydrogen (secondary N) is 2. The summed E-state index contributed by atoms with van der Waals surface area (Å²) < 4.78 is 5.12. The number of hydrogen-bond donors (Lipinski definition) is 3. The number of carbonyl (C=O) groups excluding carboxylic acids is 1. The van der Waals surface area contributed by atoms with Crippen LogP contribution in [0.1, 0.15) is 21.6 Å². The molecule has 0 bridgehead atoms. The molecule has 2 rings (SSSR count). The molecule has 100 valence electrons. The lowest BCUT2D eigenvalue weighted by atomic mass is 10.1. The average molecular weight is 260 g/mol. The van der Waals surface area contributed by atoms with Gasteiger partial charge in [-0.25, -0.2) is 0 Å². The van der Waals surface area contributed by atoms with Crippen molar-refractivity contribution in [1.82, 2.24) is 10.2 Å². The number of methoxy groups -OCH3 is 1. The lowest BCUT2D eigenvalue weighted by molar-refractivity contribution is 0.102. The van der Waals surface area contributed by atoms with Crippen molar-refractivity contribution in [3.63, 3.8) is 0 Å². The minimum Gasteiger partial charge on any atom is -0.497 e. The maximum atomic E-state index is 12.1. The van der Waals surface area contributed by atoms with Gasteiger partial charge in [-0.3, -0.25) is 9.89 Å². The first-order valence-corrected chi connectivity index (χ1v) is 5.79. The molecule has 2 aromatic rings. The molecule has 1 amide bonds. The van der Waals surface area contributed by atoms with Gasteiger partial charge in [0.25, 0.3) is 5.91 Å². The number of rotatable bonds is 3.